The average Bonchev–Trinajstić information content (AvgIpc) is 2.96. The minimum atomic E-state index is -0.262. The molecule has 0 saturated carbocycles. The summed E-state index contributed by atoms with van der Waals surface area (Å²) in [5.74, 6) is 0.300. The maximum absolute atomic E-state index is 14.3. The Labute approximate surface area is 124 Å². The number of hydrogen-bond donors (Lipinski definition) is 1. The molecule has 1 saturated heterocycles. The highest BCUT2D eigenvalue weighted by molar-refractivity contribution is 5.50. The van der Waals surface area contributed by atoms with Gasteiger partial charge in [0.1, 0.15) is 5.69 Å². The van der Waals surface area contributed by atoms with E-state index in [1.165, 1.54) is 0 Å². The summed E-state index contributed by atoms with van der Waals surface area (Å²) in [6.07, 6.45) is 3.54. The lowest BCUT2D eigenvalue weighted by Crippen LogP contribution is -2.27. The Balaban J connectivity index is 1.78. The molecule has 0 radical (unpaired) electrons. The molecule has 1 aliphatic rings. The third kappa shape index (κ3) is 2.93. The topological polar surface area (TPSA) is 33.1 Å². The van der Waals surface area contributed by atoms with E-state index in [1.807, 2.05) is 19.2 Å². The molecule has 1 fully saturated rings. The molecule has 3 rings (SSSR count). The Morgan fingerprint density at radius 1 is 1.33 bits per heavy atom. The zero-order chi connectivity index (χ0) is 15.0. The predicted octanol–water partition coefficient (Wildman–Crippen LogP) is 2.68. The first kappa shape index (κ1) is 14.1. The second kappa shape index (κ2) is 5.48. The number of aryl methyl sites for hydroxylation is 1. The number of benzene rings is 1. The molecule has 2 heterocycles. The van der Waals surface area contributed by atoms with Crippen molar-refractivity contribution >= 4 is 5.69 Å². The van der Waals surface area contributed by atoms with E-state index in [0.717, 1.165) is 24.3 Å². The summed E-state index contributed by atoms with van der Waals surface area (Å²) in [7, 11) is 2.11. The van der Waals surface area contributed by atoms with Crippen LogP contribution in [-0.2, 0) is 0 Å². The Morgan fingerprint density at radius 2 is 2.14 bits per heavy atom. The van der Waals surface area contributed by atoms with Crippen LogP contribution in [0.15, 0.2) is 30.6 Å². The Kier molecular flexibility index (Phi) is 3.68. The van der Waals surface area contributed by atoms with Crippen molar-refractivity contribution < 1.29 is 4.39 Å². The molecular weight excluding hydrogens is 267 g/mol. The maximum Gasteiger partial charge on any atom is 0.150 e. The van der Waals surface area contributed by atoms with Crippen LogP contribution < -0.4 is 5.32 Å². The largest absolute Gasteiger partial charge is 0.381 e. The van der Waals surface area contributed by atoms with Crippen LogP contribution in [0.5, 0.6) is 0 Å². The molecule has 2 aromatic rings. The Bertz CT molecular complexity index is 637. The van der Waals surface area contributed by atoms with E-state index in [9.17, 15) is 4.39 Å². The van der Waals surface area contributed by atoms with Gasteiger partial charge < -0.3 is 10.2 Å². The normalized spacial score (nSPS) is 22.7. The van der Waals surface area contributed by atoms with E-state index in [4.69, 9.17) is 0 Å². The number of rotatable bonds is 3. The van der Waals surface area contributed by atoms with Crippen LogP contribution in [0.3, 0.4) is 0 Å². The van der Waals surface area contributed by atoms with E-state index >= 15 is 0 Å². The van der Waals surface area contributed by atoms with Gasteiger partial charge in [-0.2, -0.15) is 5.10 Å². The van der Waals surface area contributed by atoms with Crippen molar-refractivity contribution in [2.24, 2.45) is 5.92 Å². The molecule has 2 atom stereocenters. The van der Waals surface area contributed by atoms with Gasteiger partial charge in [0.05, 0.1) is 6.20 Å². The van der Waals surface area contributed by atoms with Crippen molar-refractivity contribution in [3.8, 4) is 5.69 Å². The van der Waals surface area contributed by atoms with Crippen LogP contribution in [-0.4, -0.2) is 40.9 Å². The van der Waals surface area contributed by atoms with Gasteiger partial charge in [0, 0.05) is 31.0 Å². The van der Waals surface area contributed by atoms with E-state index in [1.54, 1.807) is 23.0 Å². The first-order valence-electron chi connectivity index (χ1n) is 7.29. The highest BCUT2D eigenvalue weighted by atomic mass is 19.1. The second-order valence-corrected chi connectivity index (χ2v) is 6.08. The number of likely N-dealkylation sites (tertiary alicyclic amines) is 1. The van der Waals surface area contributed by atoms with Gasteiger partial charge in [-0.3, -0.25) is 0 Å². The molecule has 112 valence electrons. The lowest BCUT2D eigenvalue weighted by Gasteiger charge is -2.18. The van der Waals surface area contributed by atoms with Gasteiger partial charge in [0.25, 0.3) is 0 Å². The van der Waals surface area contributed by atoms with Gasteiger partial charge in [-0.1, -0.05) is 6.92 Å². The summed E-state index contributed by atoms with van der Waals surface area (Å²) in [6, 6.07) is 5.61. The first-order valence-corrected chi connectivity index (χ1v) is 7.29. The fourth-order valence-corrected chi connectivity index (χ4v) is 2.94. The average molecular weight is 288 g/mol. The molecule has 1 aromatic heterocycles. The van der Waals surface area contributed by atoms with E-state index in [-0.39, 0.29) is 5.82 Å². The molecule has 21 heavy (non-hydrogen) atoms. The number of halogens is 1. The van der Waals surface area contributed by atoms with Gasteiger partial charge in [-0.05, 0) is 43.7 Å². The number of hydrogen-bond acceptors (Lipinski definition) is 3. The van der Waals surface area contributed by atoms with Crippen molar-refractivity contribution in [2.75, 3.05) is 25.5 Å². The van der Waals surface area contributed by atoms with Crippen molar-refractivity contribution in [1.29, 1.82) is 0 Å². The number of anilines is 1. The smallest absolute Gasteiger partial charge is 0.150 e. The second-order valence-electron chi connectivity index (χ2n) is 6.08. The van der Waals surface area contributed by atoms with Crippen LogP contribution in [0.1, 0.15) is 12.5 Å². The Morgan fingerprint density at radius 3 is 2.71 bits per heavy atom. The fourth-order valence-electron chi connectivity index (χ4n) is 2.94. The van der Waals surface area contributed by atoms with Gasteiger partial charge in [-0.15, -0.1) is 0 Å². The Hall–Kier alpha value is -1.88. The third-order valence-corrected chi connectivity index (χ3v) is 4.05. The van der Waals surface area contributed by atoms with Crippen LogP contribution in [0.4, 0.5) is 10.1 Å². The summed E-state index contributed by atoms with van der Waals surface area (Å²) in [4.78, 5) is 2.29. The van der Waals surface area contributed by atoms with Crippen molar-refractivity contribution in [2.45, 2.75) is 19.9 Å². The van der Waals surface area contributed by atoms with E-state index < -0.39 is 0 Å². The van der Waals surface area contributed by atoms with Gasteiger partial charge in [0.15, 0.2) is 5.82 Å². The molecule has 1 N–H and O–H groups in total. The number of aromatic nitrogens is 2. The van der Waals surface area contributed by atoms with Crippen molar-refractivity contribution in [3.63, 3.8) is 0 Å². The molecule has 5 heteroatoms. The molecule has 0 amide bonds. The standard InChI is InChI=1S/C16H21FN4/c1-11-7-18-21(8-11)16-5-4-13(6-14(16)17)19-15-10-20(3)9-12(15)2/h4-8,12,15,19H,9-10H2,1-3H3/t12-,15+/m0/s1. The minimum Gasteiger partial charge on any atom is -0.381 e. The molecule has 0 unspecified atom stereocenters. The first-order chi connectivity index (χ1) is 10.0. The van der Waals surface area contributed by atoms with Crippen LogP contribution >= 0.6 is 0 Å². The zero-order valence-electron chi connectivity index (χ0n) is 12.7. The molecule has 4 nitrogen and oxygen atoms in total. The fraction of sp³-hybridized carbons (Fsp3) is 0.438. The summed E-state index contributed by atoms with van der Waals surface area (Å²) in [6.45, 7) is 6.22. The summed E-state index contributed by atoms with van der Waals surface area (Å²) in [5, 5.41) is 7.59. The third-order valence-electron chi connectivity index (χ3n) is 4.05. The van der Waals surface area contributed by atoms with E-state index in [0.29, 0.717) is 17.6 Å². The van der Waals surface area contributed by atoms with Crippen molar-refractivity contribution in [1.82, 2.24) is 14.7 Å². The summed E-state index contributed by atoms with van der Waals surface area (Å²) in [5.41, 5.74) is 2.32. The lowest BCUT2D eigenvalue weighted by atomic mass is 10.1. The van der Waals surface area contributed by atoms with Gasteiger partial charge >= 0.3 is 0 Å². The molecule has 0 aliphatic carbocycles. The predicted molar refractivity (Wildman–Crippen MR) is 82.3 cm³/mol. The van der Waals surface area contributed by atoms with Crippen LogP contribution in [0, 0.1) is 18.7 Å². The quantitative estimate of drug-likeness (QED) is 0.942. The molecule has 0 bridgehead atoms. The molecular formula is C16H21FN4. The number of nitrogens with zero attached hydrogens (tertiary/aromatic N) is 3. The number of nitrogens with one attached hydrogen (secondary N) is 1. The molecule has 1 aromatic carbocycles. The molecule has 0 spiro atoms. The zero-order valence-corrected chi connectivity index (χ0v) is 12.7. The van der Waals surface area contributed by atoms with Crippen LogP contribution in [0.2, 0.25) is 0 Å². The summed E-state index contributed by atoms with van der Waals surface area (Å²) < 4.78 is 15.9. The minimum absolute atomic E-state index is 0.262. The highest BCUT2D eigenvalue weighted by Gasteiger charge is 2.27. The van der Waals surface area contributed by atoms with E-state index in [2.05, 4.69) is 29.3 Å². The highest BCUT2D eigenvalue weighted by Crippen LogP contribution is 2.23. The van der Waals surface area contributed by atoms with Crippen LogP contribution in [0.25, 0.3) is 5.69 Å². The van der Waals surface area contributed by atoms with Gasteiger partial charge in [0.2, 0.25) is 0 Å². The van der Waals surface area contributed by atoms with Gasteiger partial charge in [-0.25, -0.2) is 9.07 Å². The molecule has 1 aliphatic heterocycles. The number of likely N-dealkylation sites (N-methyl/N-ethyl adjacent to an activating group) is 1. The summed E-state index contributed by atoms with van der Waals surface area (Å²) >= 11 is 0. The monoisotopic (exact) mass is 288 g/mol. The maximum atomic E-state index is 14.3. The lowest BCUT2D eigenvalue weighted by molar-refractivity contribution is 0.401. The SMILES string of the molecule is Cc1cnn(-c2ccc(N[C@@H]3CN(C)C[C@@H]3C)cc2F)c1. The van der Waals surface area contributed by atoms with Crippen molar-refractivity contribution in [3.05, 3.63) is 42.0 Å².